The fourth-order valence-electron chi connectivity index (χ4n) is 4.93. The Morgan fingerprint density at radius 3 is 2.42 bits per heavy atom. The van der Waals surface area contributed by atoms with Crippen molar-refractivity contribution in [3.05, 3.63) is 63.6 Å². The van der Waals surface area contributed by atoms with Crippen LogP contribution in [0.3, 0.4) is 0 Å². The third-order valence-corrected chi connectivity index (χ3v) is 8.76. The van der Waals surface area contributed by atoms with Gasteiger partial charge in [-0.05, 0) is 61.9 Å². The maximum atomic E-state index is 13.6. The Bertz CT molecular complexity index is 1230. The van der Waals surface area contributed by atoms with Gasteiger partial charge >= 0.3 is 0 Å². The molecule has 1 aliphatic carbocycles. The van der Waals surface area contributed by atoms with Gasteiger partial charge < -0.3 is 10.2 Å². The number of benzene rings is 2. The summed E-state index contributed by atoms with van der Waals surface area (Å²) in [6.45, 7) is 4.00. The molecule has 1 aliphatic rings. The van der Waals surface area contributed by atoms with E-state index in [-0.39, 0.29) is 43.8 Å². The molecule has 0 spiro atoms. The van der Waals surface area contributed by atoms with E-state index in [9.17, 15) is 18.0 Å². The van der Waals surface area contributed by atoms with Crippen molar-refractivity contribution >= 4 is 50.7 Å². The van der Waals surface area contributed by atoms with E-state index in [1.54, 1.807) is 29.2 Å². The molecule has 0 heterocycles. The van der Waals surface area contributed by atoms with Gasteiger partial charge in [0.25, 0.3) is 0 Å². The Labute approximate surface area is 236 Å². The fourth-order valence-corrected chi connectivity index (χ4v) is 6.31. The van der Waals surface area contributed by atoms with E-state index in [0.29, 0.717) is 22.2 Å². The molecule has 3 rings (SSSR count). The van der Waals surface area contributed by atoms with Crippen molar-refractivity contribution < 1.29 is 18.0 Å². The van der Waals surface area contributed by atoms with Crippen molar-refractivity contribution in [1.82, 2.24) is 10.2 Å². The average Bonchev–Trinajstić information content (AvgIpc) is 3.36. The van der Waals surface area contributed by atoms with Gasteiger partial charge in [0, 0.05) is 35.6 Å². The Balaban J connectivity index is 1.79. The highest BCUT2D eigenvalue weighted by molar-refractivity contribution is 7.92. The quantitative estimate of drug-likeness (QED) is 0.347. The zero-order chi connectivity index (χ0) is 27.9. The van der Waals surface area contributed by atoms with Crippen LogP contribution in [0.5, 0.6) is 0 Å². The highest BCUT2D eigenvalue weighted by atomic mass is 35.5. The van der Waals surface area contributed by atoms with Crippen molar-refractivity contribution in [2.24, 2.45) is 0 Å². The second kappa shape index (κ2) is 13.7. The molecule has 2 aromatic rings. The molecule has 208 valence electrons. The van der Waals surface area contributed by atoms with E-state index in [2.05, 4.69) is 5.32 Å². The van der Waals surface area contributed by atoms with E-state index in [4.69, 9.17) is 23.2 Å². The normalized spacial score (nSPS) is 14.8. The van der Waals surface area contributed by atoms with Crippen LogP contribution in [0, 0.1) is 6.92 Å². The van der Waals surface area contributed by atoms with Gasteiger partial charge in [0.15, 0.2) is 0 Å². The molecule has 1 unspecified atom stereocenters. The molecule has 0 saturated heterocycles. The zero-order valence-electron chi connectivity index (χ0n) is 22.3. The van der Waals surface area contributed by atoms with Crippen molar-refractivity contribution in [2.45, 2.75) is 77.4 Å². The molecule has 1 fully saturated rings. The predicted octanol–water partition coefficient (Wildman–Crippen LogP) is 5.71. The Hall–Kier alpha value is -2.29. The van der Waals surface area contributed by atoms with Crippen LogP contribution in [0.15, 0.2) is 42.5 Å². The van der Waals surface area contributed by atoms with Crippen LogP contribution in [0.1, 0.15) is 63.0 Å². The van der Waals surface area contributed by atoms with E-state index >= 15 is 0 Å². The molecule has 0 radical (unpaired) electrons. The van der Waals surface area contributed by atoms with Crippen LogP contribution in [0.25, 0.3) is 0 Å². The third kappa shape index (κ3) is 8.10. The van der Waals surface area contributed by atoms with Gasteiger partial charge in [-0.25, -0.2) is 8.42 Å². The van der Waals surface area contributed by atoms with Crippen LogP contribution in [-0.4, -0.2) is 50.0 Å². The smallest absolute Gasteiger partial charge is 0.243 e. The Morgan fingerprint density at radius 1 is 1.11 bits per heavy atom. The van der Waals surface area contributed by atoms with Gasteiger partial charge in [0.1, 0.15) is 6.04 Å². The summed E-state index contributed by atoms with van der Waals surface area (Å²) >= 11 is 12.5. The summed E-state index contributed by atoms with van der Waals surface area (Å²) in [5, 5.41) is 4.08. The van der Waals surface area contributed by atoms with E-state index in [1.165, 1.54) is 4.31 Å². The minimum Gasteiger partial charge on any atom is -0.352 e. The van der Waals surface area contributed by atoms with E-state index in [0.717, 1.165) is 43.1 Å². The minimum atomic E-state index is -3.61. The average molecular weight is 583 g/mol. The SMILES string of the molecule is CCC(C(=O)NC1CCCC1)N(Cc1ccccc1Cl)C(=O)CCCN(c1cc(Cl)ccc1C)S(C)(=O)=O. The largest absolute Gasteiger partial charge is 0.352 e. The second-order valence-electron chi connectivity index (χ2n) is 9.90. The first-order valence-corrected chi connectivity index (χ1v) is 15.7. The number of aryl methyl sites for hydroxylation is 1. The first-order chi connectivity index (χ1) is 18.0. The summed E-state index contributed by atoms with van der Waals surface area (Å²) in [7, 11) is -3.61. The van der Waals surface area contributed by atoms with Gasteiger partial charge in [-0.2, -0.15) is 0 Å². The molecular weight excluding hydrogens is 545 g/mol. The maximum absolute atomic E-state index is 13.6. The number of halogens is 2. The third-order valence-electron chi connectivity index (χ3n) is 6.98. The Kier molecular flexibility index (Phi) is 10.9. The molecule has 10 heteroatoms. The number of nitrogens with one attached hydrogen (secondary N) is 1. The standard InChI is InChI=1S/C28H37Cl2N3O4S/c1-4-25(28(35)31-23-11-6-7-12-23)32(19-21-10-5-8-13-24(21)30)27(34)14-9-17-33(38(3,36)37)26-18-22(29)16-15-20(26)2/h5,8,10,13,15-16,18,23,25H,4,6-7,9,11-12,14,17,19H2,1-3H3,(H,31,35). The lowest BCUT2D eigenvalue weighted by atomic mass is 10.1. The van der Waals surface area contributed by atoms with E-state index < -0.39 is 16.1 Å². The molecule has 7 nitrogen and oxygen atoms in total. The lowest BCUT2D eigenvalue weighted by molar-refractivity contribution is -0.141. The number of hydrogen-bond acceptors (Lipinski definition) is 4. The van der Waals surface area contributed by atoms with Crippen molar-refractivity contribution in [1.29, 1.82) is 0 Å². The molecule has 1 N–H and O–H groups in total. The Morgan fingerprint density at radius 2 is 1.79 bits per heavy atom. The van der Waals surface area contributed by atoms with Gasteiger partial charge in [-0.1, -0.05) is 67.2 Å². The number of anilines is 1. The highest BCUT2D eigenvalue weighted by Gasteiger charge is 2.31. The number of carbonyl (C=O) groups excluding carboxylic acids is 2. The summed E-state index contributed by atoms with van der Waals surface area (Å²) in [5.41, 5.74) is 2.01. The van der Waals surface area contributed by atoms with E-state index in [1.807, 2.05) is 32.0 Å². The van der Waals surface area contributed by atoms with Crippen molar-refractivity contribution in [2.75, 3.05) is 17.1 Å². The number of sulfonamides is 1. The predicted molar refractivity (Wildman–Crippen MR) is 154 cm³/mol. The second-order valence-corrected chi connectivity index (χ2v) is 12.6. The summed E-state index contributed by atoms with van der Waals surface area (Å²) in [6, 6.07) is 11.8. The molecule has 0 aromatic heterocycles. The first kappa shape index (κ1) is 30.3. The molecule has 2 aromatic carbocycles. The van der Waals surface area contributed by atoms with Crippen molar-refractivity contribution in [3.63, 3.8) is 0 Å². The van der Waals surface area contributed by atoms with Crippen LogP contribution < -0.4 is 9.62 Å². The monoisotopic (exact) mass is 581 g/mol. The molecule has 1 saturated carbocycles. The number of rotatable bonds is 12. The van der Waals surface area contributed by atoms with Crippen LogP contribution >= 0.6 is 23.2 Å². The summed E-state index contributed by atoms with van der Waals surface area (Å²) in [5.74, 6) is -0.387. The molecule has 2 amide bonds. The van der Waals surface area contributed by atoms with Crippen LogP contribution in [0.4, 0.5) is 5.69 Å². The number of hydrogen-bond donors (Lipinski definition) is 1. The summed E-state index contributed by atoms with van der Waals surface area (Å²) < 4.78 is 26.5. The summed E-state index contributed by atoms with van der Waals surface area (Å²) in [6.07, 6.45) is 6.02. The van der Waals surface area contributed by atoms with Crippen LogP contribution in [0.2, 0.25) is 10.0 Å². The number of carbonyl (C=O) groups is 2. The van der Waals surface area contributed by atoms with Crippen LogP contribution in [-0.2, 0) is 26.2 Å². The highest BCUT2D eigenvalue weighted by Crippen LogP contribution is 2.27. The zero-order valence-corrected chi connectivity index (χ0v) is 24.6. The minimum absolute atomic E-state index is 0.0727. The van der Waals surface area contributed by atoms with Crippen molar-refractivity contribution in [3.8, 4) is 0 Å². The lowest BCUT2D eigenvalue weighted by Gasteiger charge is -2.32. The first-order valence-electron chi connectivity index (χ1n) is 13.1. The van der Waals surface area contributed by atoms with Gasteiger partial charge in [-0.15, -0.1) is 0 Å². The van der Waals surface area contributed by atoms with Gasteiger partial charge in [0.2, 0.25) is 21.8 Å². The number of nitrogens with zero attached hydrogens (tertiary/aromatic N) is 2. The molecule has 0 aliphatic heterocycles. The maximum Gasteiger partial charge on any atom is 0.243 e. The fraction of sp³-hybridized carbons (Fsp3) is 0.500. The number of amides is 2. The van der Waals surface area contributed by atoms with Gasteiger partial charge in [0.05, 0.1) is 11.9 Å². The lowest BCUT2D eigenvalue weighted by Crippen LogP contribution is -2.51. The molecule has 38 heavy (non-hydrogen) atoms. The summed E-state index contributed by atoms with van der Waals surface area (Å²) in [4.78, 5) is 28.5. The molecule has 0 bridgehead atoms. The molecular formula is C28H37Cl2N3O4S. The van der Waals surface area contributed by atoms with Gasteiger partial charge in [-0.3, -0.25) is 13.9 Å². The molecule has 1 atom stereocenters. The topological polar surface area (TPSA) is 86.8 Å².